The van der Waals surface area contributed by atoms with E-state index in [1.807, 2.05) is 6.92 Å². The number of rotatable bonds is 2. The number of pyridine rings is 1. The Bertz CT molecular complexity index is 557. The molecule has 88 valence electrons. The molecule has 0 bridgehead atoms. The summed E-state index contributed by atoms with van der Waals surface area (Å²) >= 11 is 5.67. The molecule has 1 aromatic carbocycles. The Morgan fingerprint density at radius 2 is 2.06 bits per heavy atom. The van der Waals surface area contributed by atoms with E-state index in [9.17, 15) is 4.39 Å². The van der Waals surface area contributed by atoms with Crippen molar-refractivity contribution in [3.05, 3.63) is 46.9 Å². The van der Waals surface area contributed by atoms with Crippen LogP contribution >= 0.6 is 11.6 Å². The maximum absolute atomic E-state index is 13.6. The average Bonchev–Trinajstić information content (AvgIpc) is 2.27. The van der Waals surface area contributed by atoms with Crippen LogP contribution in [-0.4, -0.2) is 4.98 Å². The molecule has 0 saturated carbocycles. The highest BCUT2D eigenvalue weighted by Crippen LogP contribution is 2.25. The molecule has 3 N–H and O–H groups in total. The molecule has 1 heterocycles. The molecule has 0 aliphatic carbocycles. The molecule has 2 aromatic rings. The van der Waals surface area contributed by atoms with Crippen molar-refractivity contribution in [3.8, 4) is 0 Å². The van der Waals surface area contributed by atoms with Crippen molar-refractivity contribution in [1.29, 1.82) is 0 Å². The highest BCUT2D eigenvalue weighted by Gasteiger charge is 2.06. The summed E-state index contributed by atoms with van der Waals surface area (Å²) < 4.78 is 13.6. The number of anilines is 3. The first-order chi connectivity index (χ1) is 8.06. The van der Waals surface area contributed by atoms with Crippen molar-refractivity contribution in [2.24, 2.45) is 0 Å². The van der Waals surface area contributed by atoms with Gasteiger partial charge in [0, 0.05) is 10.7 Å². The van der Waals surface area contributed by atoms with Crippen molar-refractivity contribution in [2.45, 2.75) is 6.92 Å². The van der Waals surface area contributed by atoms with Gasteiger partial charge in [-0.15, -0.1) is 0 Å². The van der Waals surface area contributed by atoms with Gasteiger partial charge in [-0.05, 0) is 37.3 Å². The van der Waals surface area contributed by atoms with Gasteiger partial charge in [-0.25, -0.2) is 9.37 Å². The lowest BCUT2D eigenvalue weighted by atomic mass is 10.3. The molecule has 5 heteroatoms. The topological polar surface area (TPSA) is 50.9 Å². The van der Waals surface area contributed by atoms with Crippen molar-refractivity contribution < 1.29 is 4.39 Å². The fraction of sp³-hybridized carbons (Fsp3) is 0.0833. The second-order valence-electron chi connectivity index (χ2n) is 3.64. The Labute approximate surface area is 103 Å². The molecule has 2 rings (SSSR count). The lowest BCUT2D eigenvalue weighted by Crippen LogP contribution is -2.01. The third-order valence-electron chi connectivity index (χ3n) is 2.25. The number of nitrogens with two attached hydrogens (primary N) is 1. The van der Waals surface area contributed by atoms with Crippen LogP contribution in [0.4, 0.5) is 21.6 Å². The first-order valence-corrected chi connectivity index (χ1v) is 5.39. The molecule has 0 aliphatic rings. The molecule has 0 atom stereocenters. The van der Waals surface area contributed by atoms with Crippen LogP contribution in [0.2, 0.25) is 5.02 Å². The van der Waals surface area contributed by atoms with E-state index in [-0.39, 0.29) is 0 Å². The van der Waals surface area contributed by atoms with Gasteiger partial charge in [-0.2, -0.15) is 0 Å². The molecule has 0 unspecified atom stereocenters. The van der Waals surface area contributed by atoms with Crippen LogP contribution in [0.1, 0.15) is 5.69 Å². The van der Waals surface area contributed by atoms with E-state index in [2.05, 4.69) is 10.3 Å². The third-order valence-corrected chi connectivity index (χ3v) is 2.48. The summed E-state index contributed by atoms with van der Waals surface area (Å²) in [4.78, 5) is 4.20. The van der Waals surface area contributed by atoms with Gasteiger partial charge in [-0.3, -0.25) is 0 Å². The Hall–Kier alpha value is -1.81. The molecular formula is C12H11ClFN3. The molecule has 0 aliphatic heterocycles. The molecule has 0 spiro atoms. The summed E-state index contributed by atoms with van der Waals surface area (Å²) in [5.41, 5.74) is 7.30. The van der Waals surface area contributed by atoms with Crippen LogP contribution < -0.4 is 11.1 Å². The number of nitrogen functional groups attached to an aromatic ring is 1. The Balaban J connectivity index is 2.34. The normalized spacial score (nSPS) is 10.3. The van der Waals surface area contributed by atoms with Gasteiger partial charge in [0.05, 0.1) is 11.4 Å². The Kier molecular flexibility index (Phi) is 3.15. The van der Waals surface area contributed by atoms with Gasteiger partial charge in [0.15, 0.2) is 5.82 Å². The van der Waals surface area contributed by atoms with Crippen LogP contribution in [0.5, 0.6) is 0 Å². The van der Waals surface area contributed by atoms with Gasteiger partial charge in [0.25, 0.3) is 0 Å². The SMILES string of the molecule is Cc1ccc(N)c(Nc2ccc(Cl)cc2F)n1. The average molecular weight is 252 g/mol. The second-order valence-corrected chi connectivity index (χ2v) is 4.08. The number of hydrogen-bond acceptors (Lipinski definition) is 3. The smallest absolute Gasteiger partial charge is 0.153 e. The summed E-state index contributed by atoms with van der Waals surface area (Å²) in [5, 5.41) is 3.18. The quantitative estimate of drug-likeness (QED) is 0.859. The second kappa shape index (κ2) is 4.59. The zero-order valence-electron chi connectivity index (χ0n) is 9.17. The van der Waals surface area contributed by atoms with Crippen LogP contribution in [-0.2, 0) is 0 Å². The minimum Gasteiger partial charge on any atom is -0.396 e. The number of benzene rings is 1. The van der Waals surface area contributed by atoms with E-state index >= 15 is 0 Å². The maximum Gasteiger partial charge on any atom is 0.153 e. The summed E-state index contributed by atoms with van der Waals surface area (Å²) in [5.74, 6) is -0.00794. The van der Waals surface area contributed by atoms with Crippen LogP contribution in [0.15, 0.2) is 30.3 Å². The van der Waals surface area contributed by atoms with Crippen LogP contribution in [0.3, 0.4) is 0 Å². The van der Waals surface area contributed by atoms with Crippen molar-refractivity contribution in [3.63, 3.8) is 0 Å². The van der Waals surface area contributed by atoms with Crippen molar-refractivity contribution >= 4 is 28.8 Å². The standard InChI is InChI=1S/C12H11ClFN3/c1-7-2-4-10(15)12(16-7)17-11-5-3-8(13)6-9(11)14/h2-6H,15H2,1H3,(H,16,17). The predicted octanol–water partition coefficient (Wildman–Crippen LogP) is 3.51. The summed E-state index contributed by atoms with van der Waals surface area (Å²) in [7, 11) is 0. The monoisotopic (exact) mass is 251 g/mol. The van der Waals surface area contributed by atoms with Gasteiger partial charge in [0.2, 0.25) is 0 Å². The first kappa shape index (κ1) is 11.7. The molecule has 0 fully saturated rings. The fourth-order valence-corrected chi connectivity index (χ4v) is 1.54. The van der Waals surface area contributed by atoms with Crippen LogP contribution in [0.25, 0.3) is 0 Å². The van der Waals surface area contributed by atoms with E-state index in [1.54, 1.807) is 24.3 Å². The van der Waals surface area contributed by atoms with E-state index in [1.165, 1.54) is 6.07 Å². The number of aromatic nitrogens is 1. The molecule has 0 amide bonds. The van der Waals surface area contributed by atoms with Gasteiger partial charge >= 0.3 is 0 Å². The summed E-state index contributed by atoms with van der Waals surface area (Å²) in [6.07, 6.45) is 0. The van der Waals surface area contributed by atoms with Gasteiger partial charge in [0.1, 0.15) is 5.82 Å². The maximum atomic E-state index is 13.6. The van der Waals surface area contributed by atoms with Crippen molar-refractivity contribution in [2.75, 3.05) is 11.1 Å². The zero-order valence-corrected chi connectivity index (χ0v) is 9.92. The molecule has 17 heavy (non-hydrogen) atoms. The number of hydrogen-bond donors (Lipinski definition) is 2. The molecular weight excluding hydrogens is 241 g/mol. The van der Waals surface area contributed by atoms with Gasteiger partial charge in [-0.1, -0.05) is 11.6 Å². The number of nitrogens with zero attached hydrogens (tertiary/aromatic N) is 1. The van der Waals surface area contributed by atoms with Crippen molar-refractivity contribution in [1.82, 2.24) is 4.98 Å². The minimum atomic E-state index is -0.444. The molecule has 0 radical (unpaired) electrons. The van der Waals surface area contributed by atoms with E-state index < -0.39 is 5.82 Å². The molecule has 3 nitrogen and oxygen atoms in total. The summed E-state index contributed by atoms with van der Waals surface area (Å²) in [6.45, 7) is 1.84. The first-order valence-electron chi connectivity index (χ1n) is 5.01. The lowest BCUT2D eigenvalue weighted by Gasteiger charge is -2.09. The van der Waals surface area contributed by atoms with Gasteiger partial charge < -0.3 is 11.1 Å². The zero-order chi connectivity index (χ0) is 12.4. The van der Waals surface area contributed by atoms with E-state index in [0.29, 0.717) is 22.2 Å². The Morgan fingerprint density at radius 3 is 2.76 bits per heavy atom. The number of nitrogens with one attached hydrogen (secondary N) is 1. The van der Waals surface area contributed by atoms with E-state index in [0.717, 1.165) is 5.69 Å². The fourth-order valence-electron chi connectivity index (χ4n) is 1.39. The number of aryl methyl sites for hydroxylation is 1. The highest BCUT2D eigenvalue weighted by atomic mass is 35.5. The number of halogens is 2. The Morgan fingerprint density at radius 1 is 1.29 bits per heavy atom. The summed E-state index contributed by atoms with van der Waals surface area (Å²) in [6, 6.07) is 7.88. The van der Waals surface area contributed by atoms with Crippen LogP contribution in [0, 0.1) is 12.7 Å². The van der Waals surface area contributed by atoms with E-state index in [4.69, 9.17) is 17.3 Å². The highest BCUT2D eigenvalue weighted by molar-refractivity contribution is 6.30. The minimum absolute atomic E-state index is 0.291. The largest absolute Gasteiger partial charge is 0.396 e. The predicted molar refractivity (Wildman–Crippen MR) is 68.1 cm³/mol. The molecule has 0 saturated heterocycles. The molecule has 1 aromatic heterocycles. The lowest BCUT2D eigenvalue weighted by molar-refractivity contribution is 0.632. The third kappa shape index (κ3) is 2.65.